The molecule has 1 saturated heterocycles. The van der Waals surface area contributed by atoms with Gasteiger partial charge in [0.25, 0.3) is 5.56 Å². The standard InChI is InChI=1S/C18H22N2O6/c1-8-4-9(2)13(10(3)5-8)20-6-11(17(24)19-18(20)25)16-15(23)14(22)12(7-21)26-16/h4-6,12,14-16,21-23H,7H2,1-3H3,(H,19,24,25)/t12-,14-,15-,16+/m1/s1. The molecule has 4 N–H and O–H groups in total. The SMILES string of the molecule is Cc1cc(C)c(-n2cc([C@@H]3O[C@H](CO)[C@@H](O)[C@H]3O)c(=O)[nH]c2=O)c(C)c1. The highest BCUT2D eigenvalue weighted by Gasteiger charge is 2.44. The lowest BCUT2D eigenvalue weighted by Gasteiger charge is -2.18. The topological polar surface area (TPSA) is 125 Å². The number of aliphatic hydroxyl groups excluding tert-OH is 3. The third kappa shape index (κ3) is 3.01. The number of aromatic amines is 1. The molecule has 2 aromatic rings. The van der Waals surface area contributed by atoms with Gasteiger partial charge in [-0.15, -0.1) is 0 Å². The molecule has 8 nitrogen and oxygen atoms in total. The number of nitrogens with zero attached hydrogens (tertiary/aromatic N) is 1. The Morgan fingerprint density at radius 1 is 1.12 bits per heavy atom. The van der Waals surface area contributed by atoms with E-state index in [9.17, 15) is 24.9 Å². The minimum absolute atomic E-state index is 0.00600. The van der Waals surface area contributed by atoms with Crippen LogP contribution in [0.25, 0.3) is 5.69 Å². The largest absolute Gasteiger partial charge is 0.394 e. The van der Waals surface area contributed by atoms with E-state index < -0.39 is 42.3 Å². The maximum atomic E-state index is 12.4. The van der Waals surface area contributed by atoms with Crippen molar-refractivity contribution in [3.8, 4) is 5.69 Å². The zero-order valence-corrected chi connectivity index (χ0v) is 14.8. The summed E-state index contributed by atoms with van der Waals surface area (Å²) in [6, 6.07) is 3.85. The molecule has 0 spiro atoms. The van der Waals surface area contributed by atoms with E-state index in [1.54, 1.807) is 0 Å². The van der Waals surface area contributed by atoms with Gasteiger partial charge in [0.2, 0.25) is 0 Å². The number of nitrogens with one attached hydrogen (secondary N) is 1. The normalized spacial score (nSPS) is 25.6. The van der Waals surface area contributed by atoms with Gasteiger partial charge in [-0.25, -0.2) is 4.79 Å². The summed E-state index contributed by atoms with van der Waals surface area (Å²) in [5, 5.41) is 29.3. The van der Waals surface area contributed by atoms with Crippen LogP contribution in [-0.2, 0) is 4.74 Å². The summed E-state index contributed by atoms with van der Waals surface area (Å²) in [7, 11) is 0. The average molecular weight is 362 g/mol. The summed E-state index contributed by atoms with van der Waals surface area (Å²) in [6.07, 6.45) is -3.54. The van der Waals surface area contributed by atoms with Crippen LogP contribution >= 0.6 is 0 Å². The van der Waals surface area contributed by atoms with Crippen LogP contribution in [0.1, 0.15) is 28.4 Å². The lowest BCUT2D eigenvalue weighted by Crippen LogP contribution is -2.36. The van der Waals surface area contributed by atoms with Gasteiger partial charge in [0.1, 0.15) is 24.4 Å². The van der Waals surface area contributed by atoms with Crippen molar-refractivity contribution in [2.24, 2.45) is 0 Å². The summed E-state index contributed by atoms with van der Waals surface area (Å²) in [6.45, 7) is 5.17. The molecule has 1 aliphatic heterocycles. The van der Waals surface area contributed by atoms with Crippen LogP contribution in [0.3, 0.4) is 0 Å². The molecule has 0 aliphatic carbocycles. The van der Waals surface area contributed by atoms with Crippen LogP contribution in [-0.4, -0.2) is 49.8 Å². The second-order valence-electron chi connectivity index (χ2n) is 6.72. The predicted molar refractivity (Wildman–Crippen MR) is 93.6 cm³/mol. The third-order valence-corrected chi connectivity index (χ3v) is 4.69. The number of hydrogen-bond donors (Lipinski definition) is 4. The van der Waals surface area contributed by atoms with Crippen LogP contribution in [0.5, 0.6) is 0 Å². The zero-order valence-electron chi connectivity index (χ0n) is 14.8. The van der Waals surface area contributed by atoms with E-state index in [-0.39, 0.29) is 5.56 Å². The molecule has 3 rings (SSSR count). The molecular weight excluding hydrogens is 340 g/mol. The van der Waals surface area contributed by atoms with Crippen molar-refractivity contribution in [3.63, 3.8) is 0 Å². The first-order valence-corrected chi connectivity index (χ1v) is 8.31. The Kier molecular flexibility index (Phi) is 4.85. The Balaban J connectivity index is 2.16. The minimum atomic E-state index is -1.39. The second-order valence-corrected chi connectivity index (χ2v) is 6.72. The highest BCUT2D eigenvalue weighted by molar-refractivity contribution is 5.49. The molecule has 1 fully saturated rings. The third-order valence-electron chi connectivity index (χ3n) is 4.69. The van der Waals surface area contributed by atoms with Gasteiger partial charge < -0.3 is 20.1 Å². The number of benzene rings is 1. The maximum absolute atomic E-state index is 12.4. The zero-order chi connectivity index (χ0) is 19.2. The molecule has 0 radical (unpaired) electrons. The van der Waals surface area contributed by atoms with Gasteiger partial charge >= 0.3 is 5.69 Å². The Hall–Kier alpha value is -2.26. The minimum Gasteiger partial charge on any atom is -0.394 e. The molecule has 0 saturated carbocycles. The second kappa shape index (κ2) is 6.81. The number of aliphatic hydroxyl groups is 3. The Morgan fingerprint density at radius 2 is 1.73 bits per heavy atom. The predicted octanol–water partition coefficient (Wildman–Crippen LogP) is -0.395. The molecule has 1 aromatic heterocycles. The Bertz CT molecular complexity index is 924. The van der Waals surface area contributed by atoms with Gasteiger partial charge in [-0.05, 0) is 31.9 Å². The number of hydrogen-bond acceptors (Lipinski definition) is 6. The van der Waals surface area contributed by atoms with E-state index in [1.807, 2.05) is 32.9 Å². The van der Waals surface area contributed by atoms with Crippen LogP contribution in [0, 0.1) is 20.8 Å². The van der Waals surface area contributed by atoms with E-state index >= 15 is 0 Å². The fraction of sp³-hybridized carbons (Fsp3) is 0.444. The van der Waals surface area contributed by atoms with Crippen molar-refractivity contribution in [1.29, 1.82) is 0 Å². The number of rotatable bonds is 3. The smallest absolute Gasteiger partial charge is 0.332 e. The first kappa shape index (κ1) is 18.5. The van der Waals surface area contributed by atoms with Crippen LogP contribution < -0.4 is 11.2 Å². The van der Waals surface area contributed by atoms with E-state index in [0.29, 0.717) is 5.69 Å². The molecule has 4 atom stereocenters. The van der Waals surface area contributed by atoms with Gasteiger partial charge in [0, 0.05) is 6.20 Å². The van der Waals surface area contributed by atoms with Crippen LogP contribution in [0.4, 0.5) is 0 Å². The number of aryl methyl sites for hydroxylation is 3. The van der Waals surface area contributed by atoms with Gasteiger partial charge in [0.15, 0.2) is 0 Å². The molecule has 140 valence electrons. The first-order chi connectivity index (χ1) is 12.2. The highest BCUT2D eigenvalue weighted by atomic mass is 16.6. The van der Waals surface area contributed by atoms with Gasteiger partial charge in [0.05, 0.1) is 17.9 Å². The van der Waals surface area contributed by atoms with E-state index in [4.69, 9.17) is 4.74 Å². The number of aromatic nitrogens is 2. The Labute approximate surface area is 149 Å². The number of H-pyrrole nitrogens is 1. The van der Waals surface area contributed by atoms with Crippen molar-refractivity contribution in [3.05, 3.63) is 61.4 Å². The van der Waals surface area contributed by atoms with Crippen molar-refractivity contribution in [2.45, 2.75) is 45.2 Å². The lowest BCUT2D eigenvalue weighted by atomic mass is 10.0. The van der Waals surface area contributed by atoms with Gasteiger partial charge in [-0.2, -0.15) is 0 Å². The highest BCUT2D eigenvalue weighted by Crippen LogP contribution is 2.32. The monoisotopic (exact) mass is 362 g/mol. The molecule has 1 aliphatic rings. The number of ether oxygens (including phenoxy) is 1. The fourth-order valence-corrected chi connectivity index (χ4v) is 3.56. The molecular formula is C18H22N2O6. The van der Waals surface area contributed by atoms with Crippen LogP contribution in [0.15, 0.2) is 27.9 Å². The van der Waals surface area contributed by atoms with Crippen LogP contribution in [0.2, 0.25) is 0 Å². The Morgan fingerprint density at radius 3 is 2.27 bits per heavy atom. The first-order valence-electron chi connectivity index (χ1n) is 8.31. The van der Waals surface area contributed by atoms with Crippen molar-refractivity contribution in [2.75, 3.05) is 6.61 Å². The molecule has 1 aromatic carbocycles. The van der Waals surface area contributed by atoms with E-state index in [0.717, 1.165) is 16.7 Å². The molecule has 0 bridgehead atoms. The van der Waals surface area contributed by atoms with Gasteiger partial charge in [-0.1, -0.05) is 17.7 Å². The summed E-state index contributed by atoms with van der Waals surface area (Å²) >= 11 is 0. The fourth-order valence-electron chi connectivity index (χ4n) is 3.56. The van der Waals surface area contributed by atoms with Gasteiger partial charge in [-0.3, -0.25) is 14.3 Å². The molecule has 0 amide bonds. The molecule has 2 heterocycles. The summed E-state index contributed by atoms with van der Waals surface area (Å²) < 4.78 is 6.73. The molecule has 8 heteroatoms. The van der Waals surface area contributed by atoms with E-state index in [2.05, 4.69) is 4.98 Å². The summed E-state index contributed by atoms with van der Waals surface area (Å²) in [5.41, 5.74) is 2.07. The van der Waals surface area contributed by atoms with Crippen molar-refractivity contribution in [1.82, 2.24) is 9.55 Å². The molecule has 26 heavy (non-hydrogen) atoms. The average Bonchev–Trinajstić information content (AvgIpc) is 2.84. The lowest BCUT2D eigenvalue weighted by molar-refractivity contribution is -0.0233. The maximum Gasteiger partial charge on any atom is 0.332 e. The van der Waals surface area contributed by atoms with E-state index in [1.165, 1.54) is 10.8 Å². The van der Waals surface area contributed by atoms with Crippen molar-refractivity contribution >= 4 is 0 Å². The van der Waals surface area contributed by atoms with Crippen molar-refractivity contribution < 1.29 is 20.1 Å². The quantitative estimate of drug-likeness (QED) is 0.589. The summed E-state index contributed by atoms with van der Waals surface area (Å²) in [5.74, 6) is 0. The molecule has 0 unspecified atom stereocenters. The summed E-state index contributed by atoms with van der Waals surface area (Å²) in [4.78, 5) is 26.9.